The average Bonchev–Trinajstić information content (AvgIpc) is 2.42. The Bertz CT molecular complexity index is 324. The van der Waals surface area contributed by atoms with E-state index in [0.29, 0.717) is 17.7 Å². The minimum absolute atomic E-state index is 0.356. The molecule has 3 heteroatoms. The fourth-order valence-corrected chi connectivity index (χ4v) is 2.62. The summed E-state index contributed by atoms with van der Waals surface area (Å²) in [6.07, 6.45) is 4.27. The SMILES string of the molecule is CN1C2CCC1CC(=C(C#N)C#N)C2. The van der Waals surface area contributed by atoms with E-state index in [2.05, 4.69) is 11.9 Å². The van der Waals surface area contributed by atoms with E-state index in [-0.39, 0.29) is 0 Å². The van der Waals surface area contributed by atoms with Crippen molar-refractivity contribution in [3.63, 3.8) is 0 Å². The largest absolute Gasteiger partial charge is 0.300 e. The molecule has 0 radical (unpaired) electrons. The van der Waals surface area contributed by atoms with E-state index >= 15 is 0 Å². The molecule has 0 saturated carbocycles. The van der Waals surface area contributed by atoms with E-state index in [0.717, 1.165) is 18.4 Å². The predicted molar refractivity (Wildman–Crippen MR) is 52.1 cm³/mol. The van der Waals surface area contributed by atoms with Gasteiger partial charge in [0.25, 0.3) is 0 Å². The van der Waals surface area contributed by atoms with Crippen LogP contribution in [0, 0.1) is 22.7 Å². The summed E-state index contributed by atoms with van der Waals surface area (Å²) in [7, 11) is 2.15. The molecule has 2 bridgehead atoms. The van der Waals surface area contributed by atoms with Gasteiger partial charge in [0.2, 0.25) is 0 Å². The highest BCUT2D eigenvalue weighted by molar-refractivity contribution is 5.41. The third kappa shape index (κ3) is 1.31. The standard InChI is InChI=1S/C11H13N3/c1-14-10-2-3-11(14)5-8(4-10)9(6-12)7-13/h10-11H,2-5H2,1H3. The Morgan fingerprint density at radius 2 is 1.71 bits per heavy atom. The van der Waals surface area contributed by atoms with Crippen LogP contribution >= 0.6 is 0 Å². The molecular formula is C11H13N3. The van der Waals surface area contributed by atoms with Crippen LogP contribution in [0.5, 0.6) is 0 Å². The lowest BCUT2D eigenvalue weighted by atomic mass is 9.94. The third-order valence-electron chi connectivity index (χ3n) is 3.53. The van der Waals surface area contributed by atoms with Crippen molar-refractivity contribution in [1.82, 2.24) is 4.90 Å². The second kappa shape index (κ2) is 3.44. The fraction of sp³-hybridized carbons (Fsp3) is 0.636. The normalized spacial score (nSPS) is 30.9. The summed E-state index contributed by atoms with van der Waals surface area (Å²) < 4.78 is 0. The van der Waals surface area contributed by atoms with Gasteiger partial charge in [0.1, 0.15) is 17.7 Å². The summed E-state index contributed by atoms with van der Waals surface area (Å²) in [5, 5.41) is 17.6. The monoisotopic (exact) mass is 187 g/mol. The zero-order chi connectivity index (χ0) is 10.1. The molecule has 2 rings (SSSR count). The number of hydrogen-bond donors (Lipinski definition) is 0. The lowest BCUT2D eigenvalue weighted by molar-refractivity contribution is 0.209. The zero-order valence-corrected chi connectivity index (χ0v) is 8.32. The maximum Gasteiger partial charge on any atom is 0.128 e. The van der Waals surface area contributed by atoms with Gasteiger partial charge in [-0.05, 0) is 38.3 Å². The summed E-state index contributed by atoms with van der Waals surface area (Å²) in [6, 6.07) is 5.15. The van der Waals surface area contributed by atoms with Crippen molar-refractivity contribution in [2.24, 2.45) is 0 Å². The molecular weight excluding hydrogens is 174 g/mol. The van der Waals surface area contributed by atoms with Gasteiger partial charge >= 0.3 is 0 Å². The van der Waals surface area contributed by atoms with Crippen LogP contribution in [-0.2, 0) is 0 Å². The minimum Gasteiger partial charge on any atom is -0.300 e. The molecule has 0 aliphatic carbocycles. The van der Waals surface area contributed by atoms with E-state index in [1.807, 2.05) is 12.1 Å². The molecule has 2 atom stereocenters. The molecule has 2 heterocycles. The molecule has 0 N–H and O–H groups in total. The van der Waals surface area contributed by atoms with Gasteiger partial charge in [-0.2, -0.15) is 10.5 Å². The fourth-order valence-electron chi connectivity index (χ4n) is 2.62. The molecule has 0 amide bonds. The summed E-state index contributed by atoms with van der Waals surface area (Å²) in [6.45, 7) is 0. The minimum atomic E-state index is 0.356. The summed E-state index contributed by atoms with van der Waals surface area (Å²) >= 11 is 0. The van der Waals surface area contributed by atoms with E-state index in [4.69, 9.17) is 10.5 Å². The van der Waals surface area contributed by atoms with Gasteiger partial charge in [-0.3, -0.25) is 4.90 Å². The van der Waals surface area contributed by atoms with Gasteiger partial charge < -0.3 is 0 Å². The van der Waals surface area contributed by atoms with Crippen molar-refractivity contribution >= 4 is 0 Å². The number of piperidine rings is 1. The maximum atomic E-state index is 8.79. The number of nitriles is 2. The second-order valence-corrected chi connectivity index (χ2v) is 4.16. The highest BCUT2D eigenvalue weighted by Gasteiger charge is 2.36. The lowest BCUT2D eigenvalue weighted by Crippen LogP contribution is -2.37. The first-order chi connectivity index (χ1) is 6.76. The Morgan fingerprint density at radius 3 is 2.14 bits per heavy atom. The molecule has 2 aliphatic rings. The molecule has 2 fully saturated rings. The lowest BCUT2D eigenvalue weighted by Gasteiger charge is -2.32. The van der Waals surface area contributed by atoms with Gasteiger partial charge in [0.05, 0.1) is 0 Å². The quantitative estimate of drug-likeness (QED) is 0.541. The maximum absolute atomic E-state index is 8.79. The number of hydrogen-bond acceptors (Lipinski definition) is 3. The molecule has 72 valence electrons. The third-order valence-corrected chi connectivity index (χ3v) is 3.53. The zero-order valence-electron chi connectivity index (χ0n) is 8.32. The smallest absolute Gasteiger partial charge is 0.128 e. The summed E-state index contributed by atoms with van der Waals surface area (Å²) in [5.41, 5.74) is 1.44. The predicted octanol–water partition coefficient (Wildman–Crippen LogP) is 1.59. The van der Waals surface area contributed by atoms with Gasteiger partial charge in [0, 0.05) is 12.1 Å². The molecule has 3 nitrogen and oxygen atoms in total. The first-order valence-electron chi connectivity index (χ1n) is 5.00. The highest BCUT2D eigenvalue weighted by atomic mass is 15.2. The Hall–Kier alpha value is -1.32. The number of fused-ring (bicyclic) bond motifs is 2. The van der Waals surface area contributed by atoms with E-state index in [1.54, 1.807) is 0 Å². The highest BCUT2D eigenvalue weighted by Crippen LogP contribution is 2.37. The van der Waals surface area contributed by atoms with E-state index < -0.39 is 0 Å². The van der Waals surface area contributed by atoms with Crippen molar-refractivity contribution in [1.29, 1.82) is 10.5 Å². The van der Waals surface area contributed by atoms with Gasteiger partial charge in [-0.15, -0.1) is 0 Å². The van der Waals surface area contributed by atoms with Crippen molar-refractivity contribution < 1.29 is 0 Å². The molecule has 2 saturated heterocycles. The van der Waals surface area contributed by atoms with E-state index in [1.165, 1.54) is 12.8 Å². The number of allylic oxidation sites excluding steroid dienone is 1. The van der Waals surface area contributed by atoms with E-state index in [9.17, 15) is 0 Å². The van der Waals surface area contributed by atoms with Crippen molar-refractivity contribution in [3.05, 3.63) is 11.1 Å². The molecule has 2 unspecified atom stereocenters. The van der Waals surface area contributed by atoms with Gasteiger partial charge in [-0.25, -0.2) is 0 Å². The number of rotatable bonds is 0. The Kier molecular flexibility index (Phi) is 2.27. The van der Waals surface area contributed by atoms with Crippen molar-refractivity contribution in [2.45, 2.75) is 37.8 Å². The van der Waals surface area contributed by atoms with Crippen LogP contribution in [0.1, 0.15) is 25.7 Å². The van der Waals surface area contributed by atoms with Crippen LogP contribution in [0.15, 0.2) is 11.1 Å². The molecule has 2 aliphatic heterocycles. The first-order valence-corrected chi connectivity index (χ1v) is 5.00. The second-order valence-electron chi connectivity index (χ2n) is 4.16. The van der Waals surface area contributed by atoms with Crippen LogP contribution in [0.3, 0.4) is 0 Å². The Labute approximate surface area is 84.2 Å². The van der Waals surface area contributed by atoms with Crippen molar-refractivity contribution in [3.8, 4) is 12.1 Å². The molecule has 0 aromatic rings. The van der Waals surface area contributed by atoms with Crippen LogP contribution in [0.2, 0.25) is 0 Å². The molecule has 0 aromatic carbocycles. The average molecular weight is 187 g/mol. The Balaban J connectivity index is 2.26. The number of nitrogens with zero attached hydrogens (tertiary/aromatic N) is 3. The van der Waals surface area contributed by atoms with Crippen LogP contribution in [0.4, 0.5) is 0 Å². The van der Waals surface area contributed by atoms with Gasteiger partial charge in [-0.1, -0.05) is 0 Å². The molecule has 0 spiro atoms. The van der Waals surface area contributed by atoms with Crippen molar-refractivity contribution in [2.75, 3.05) is 7.05 Å². The molecule has 0 aromatic heterocycles. The molecule has 14 heavy (non-hydrogen) atoms. The summed E-state index contributed by atoms with van der Waals surface area (Å²) in [4.78, 5) is 2.40. The van der Waals surface area contributed by atoms with Crippen LogP contribution in [-0.4, -0.2) is 24.0 Å². The summed E-state index contributed by atoms with van der Waals surface area (Å²) in [5.74, 6) is 0. The first kappa shape index (κ1) is 9.24. The topological polar surface area (TPSA) is 50.8 Å². The van der Waals surface area contributed by atoms with Crippen LogP contribution in [0.25, 0.3) is 0 Å². The van der Waals surface area contributed by atoms with Crippen LogP contribution < -0.4 is 0 Å². The van der Waals surface area contributed by atoms with Gasteiger partial charge in [0.15, 0.2) is 0 Å². The Morgan fingerprint density at radius 1 is 1.21 bits per heavy atom.